The van der Waals surface area contributed by atoms with E-state index in [0.29, 0.717) is 16.6 Å². The fourth-order valence-corrected chi connectivity index (χ4v) is 2.03. The van der Waals surface area contributed by atoms with Crippen molar-refractivity contribution in [2.75, 3.05) is 11.1 Å². The number of nitrogens with two attached hydrogens (primary N) is 1. The topological polar surface area (TPSA) is 81.2 Å². The summed E-state index contributed by atoms with van der Waals surface area (Å²) in [5.74, 6) is -0.121. The first-order valence-corrected chi connectivity index (χ1v) is 6.25. The third kappa shape index (κ3) is 3.27. The monoisotopic (exact) mass is 263 g/mol. The van der Waals surface area contributed by atoms with E-state index in [1.54, 1.807) is 37.4 Å². The average Bonchev–Trinajstić information content (AvgIpc) is 2.81. The van der Waals surface area contributed by atoms with Gasteiger partial charge in [-0.1, -0.05) is 17.8 Å². The van der Waals surface area contributed by atoms with Gasteiger partial charge in [0.2, 0.25) is 5.91 Å². The van der Waals surface area contributed by atoms with E-state index < -0.39 is 0 Å². The van der Waals surface area contributed by atoms with Crippen molar-refractivity contribution in [3.05, 3.63) is 36.7 Å². The molecule has 1 amide bonds. The third-order valence-electron chi connectivity index (χ3n) is 2.21. The summed E-state index contributed by atoms with van der Waals surface area (Å²) < 4.78 is 5.08. The molecule has 0 bridgehead atoms. The van der Waals surface area contributed by atoms with Gasteiger partial charge in [-0.3, -0.25) is 4.79 Å². The predicted octanol–water partition coefficient (Wildman–Crippen LogP) is 2.38. The Bertz CT molecular complexity index is 528. The van der Waals surface area contributed by atoms with Gasteiger partial charge >= 0.3 is 0 Å². The van der Waals surface area contributed by atoms with Crippen LogP contribution in [0.25, 0.3) is 0 Å². The zero-order valence-electron chi connectivity index (χ0n) is 9.79. The van der Waals surface area contributed by atoms with E-state index in [1.165, 1.54) is 18.0 Å². The molecule has 6 heteroatoms. The molecule has 1 aromatic carbocycles. The van der Waals surface area contributed by atoms with Gasteiger partial charge in [-0.25, -0.2) is 4.98 Å². The minimum atomic E-state index is -0.301. The Labute approximate surface area is 109 Å². The first-order valence-electron chi connectivity index (χ1n) is 5.37. The first kappa shape index (κ1) is 12.5. The van der Waals surface area contributed by atoms with Gasteiger partial charge in [-0.15, -0.1) is 0 Å². The highest BCUT2D eigenvalue weighted by Crippen LogP contribution is 2.22. The minimum absolute atomic E-state index is 0.121. The maximum Gasteiger partial charge on any atom is 0.256 e. The van der Waals surface area contributed by atoms with Crippen LogP contribution in [0.15, 0.2) is 46.4 Å². The van der Waals surface area contributed by atoms with Gasteiger partial charge in [0.05, 0.1) is 11.4 Å². The molecule has 18 heavy (non-hydrogen) atoms. The second kappa shape index (κ2) is 5.59. The summed E-state index contributed by atoms with van der Waals surface area (Å²) in [6, 6.07) is 7.05. The normalized spacial score (nSPS) is 12.1. The average molecular weight is 263 g/mol. The number of aromatic nitrogens is 1. The van der Waals surface area contributed by atoms with Gasteiger partial charge in [0, 0.05) is 11.4 Å². The third-order valence-corrected chi connectivity index (χ3v) is 3.18. The van der Waals surface area contributed by atoms with E-state index in [4.69, 9.17) is 10.2 Å². The van der Waals surface area contributed by atoms with Gasteiger partial charge in [0.25, 0.3) is 5.22 Å². The Balaban J connectivity index is 1.95. The highest BCUT2D eigenvalue weighted by molar-refractivity contribution is 8.00. The van der Waals surface area contributed by atoms with E-state index in [1.807, 2.05) is 0 Å². The van der Waals surface area contributed by atoms with Crippen LogP contribution >= 0.6 is 11.8 Å². The summed E-state index contributed by atoms with van der Waals surface area (Å²) in [4.78, 5) is 15.9. The molecule has 0 saturated carbocycles. The Hall–Kier alpha value is -1.95. The number of thioether (sulfide) groups is 1. The van der Waals surface area contributed by atoms with Crippen molar-refractivity contribution in [1.29, 1.82) is 0 Å². The van der Waals surface area contributed by atoms with Gasteiger partial charge in [-0.2, -0.15) is 0 Å². The second-order valence-corrected chi connectivity index (χ2v) is 4.96. The lowest BCUT2D eigenvalue weighted by molar-refractivity contribution is -0.115. The van der Waals surface area contributed by atoms with Crippen LogP contribution in [0.1, 0.15) is 6.92 Å². The number of rotatable bonds is 4. The van der Waals surface area contributed by atoms with E-state index in [9.17, 15) is 4.79 Å². The standard InChI is InChI=1S/C12H13N3O2S/c1-8(18-12-14-5-6-17-12)11(16)15-10-4-2-3-9(13)7-10/h2-8H,13H2,1H3,(H,15,16). The van der Waals surface area contributed by atoms with E-state index in [-0.39, 0.29) is 11.2 Å². The van der Waals surface area contributed by atoms with Crippen molar-refractivity contribution >= 4 is 29.0 Å². The Morgan fingerprint density at radius 3 is 3.06 bits per heavy atom. The number of hydrogen-bond acceptors (Lipinski definition) is 5. The molecule has 0 radical (unpaired) electrons. The molecule has 0 saturated heterocycles. The quantitative estimate of drug-likeness (QED) is 0.653. The number of benzene rings is 1. The number of carbonyl (C=O) groups is 1. The number of anilines is 2. The smallest absolute Gasteiger partial charge is 0.256 e. The van der Waals surface area contributed by atoms with Gasteiger partial charge in [0.1, 0.15) is 6.26 Å². The molecular weight excluding hydrogens is 250 g/mol. The van der Waals surface area contributed by atoms with Crippen molar-refractivity contribution in [2.24, 2.45) is 0 Å². The van der Waals surface area contributed by atoms with Crippen LogP contribution in [0.4, 0.5) is 11.4 Å². The van der Waals surface area contributed by atoms with Crippen LogP contribution in [0.5, 0.6) is 0 Å². The van der Waals surface area contributed by atoms with E-state index in [0.717, 1.165) is 0 Å². The number of nitrogens with one attached hydrogen (secondary N) is 1. The van der Waals surface area contributed by atoms with Crippen molar-refractivity contribution in [3.8, 4) is 0 Å². The molecule has 1 heterocycles. The van der Waals surface area contributed by atoms with Gasteiger partial charge in [0.15, 0.2) is 0 Å². The van der Waals surface area contributed by atoms with Crippen LogP contribution in [-0.4, -0.2) is 16.1 Å². The SMILES string of the molecule is CC(Sc1ncco1)C(=O)Nc1cccc(N)c1. The van der Waals surface area contributed by atoms with E-state index >= 15 is 0 Å². The first-order chi connectivity index (χ1) is 8.65. The molecule has 0 aliphatic heterocycles. The van der Waals surface area contributed by atoms with Crippen molar-refractivity contribution in [2.45, 2.75) is 17.4 Å². The molecule has 2 aromatic rings. The number of nitrogens with zero attached hydrogens (tertiary/aromatic N) is 1. The van der Waals surface area contributed by atoms with Crippen LogP contribution in [0.3, 0.4) is 0 Å². The van der Waals surface area contributed by atoms with Crippen molar-refractivity contribution < 1.29 is 9.21 Å². The number of nitrogen functional groups attached to an aromatic ring is 1. The minimum Gasteiger partial charge on any atom is -0.440 e. The summed E-state index contributed by atoms with van der Waals surface area (Å²) in [7, 11) is 0. The Kier molecular flexibility index (Phi) is 3.88. The number of carbonyl (C=O) groups excluding carboxylic acids is 1. The Morgan fingerprint density at radius 2 is 2.39 bits per heavy atom. The molecule has 1 aromatic heterocycles. The van der Waals surface area contributed by atoms with Gasteiger partial charge < -0.3 is 15.5 Å². The molecule has 0 fully saturated rings. The molecule has 0 aliphatic carbocycles. The molecule has 0 aliphatic rings. The van der Waals surface area contributed by atoms with Crippen molar-refractivity contribution in [3.63, 3.8) is 0 Å². The summed E-state index contributed by atoms with van der Waals surface area (Å²) >= 11 is 1.26. The lowest BCUT2D eigenvalue weighted by Crippen LogP contribution is -2.22. The number of amides is 1. The zero-order valence-corrected chi connectivity index (χ0v) is 10.6. The highest BCUT2D eigenvalue weighted by Gasteiger charge is 2.16. The van der Waals surface area contributed by atoms with Gasteiger partial charge in [-0.05, 0) is 25.1 Å². The van der Waals surface area contributed by atoms with Crippen molar-refractivity contribution in [1.82, 2.24) is 4.98 Å². The second-order valence-electron chi connectivity index (χ2n) is 3.67. The predicted molar refractivity (Wildman–Crippen MR) is 71.3 cm³/mol. The molecular formula is C12H13N3O2S. The maximum atomic E-state index is 11.9. The maximum absolute atomic E-state index is 11.9. The lowest BCUT2D eigenvalue weighted by Gasteiger charge is -2.10. The number of oxazole rings is 1. The molecule has 2 rings (SSSR count). The summed E-state index contributed by atoms with van der Waals surface area (Å²) in [5.41, 5.74) is 6.93. The van der Waals surface area contributed by atoms with Crippen LogP contribution < -0.4 is 11.1 Å². The van der Waals surface area contributed by atoms with Crippen LogP contribution in [-0.2, 0) is 4.79 Å². The highest BCUT2D eigenvalue weighted by atomic mass is 32.2. The molecule has 1 unspecified atom stereocenters. The Morgan fingerprint density at radius 1 is 1.56 bits per heavy atom. The molecule has 0 spiro atoms. The van der Waals surface area contributed by atoms with Crippen LogP contribution in [0, 0.1) is 0 Å². The zero-order chi connectivity index (χ0) is 13.0. The summed E-state index contributed by atoms with van der Waals surface area (Å²) in [6.45, 7) is 1.79. The molecule has 1 atom stereocenters. The fraction of sp³-hybridized carbons (Fsp3) is 0.167. The molecule has 5 nitrogen and oxygen atoms in total. The molecule has 3 N–H and O–H groups in total. The van der Waals surface area contributed by atoms with Crippen LogP contribution in [0.2, 0.25) is 0 Å². The summed E-state index contributed by atoms with van der Waals surface area (Å²) in [6.07, 6.45) is 3.02. The van der Waals surface area contributed by atoms with E-state index in [2.05, 4.69) is 10.3 Å². The number of hydrogen-bond donors (Lipinski definition) is 2. The molecule has 94 valence electrons. The lowest BCUT2D eigenvalue weighted by atomic mass is 10.3. The summed E-state index contributed by atoms with van der Waals surface area (Å²) in [5, 5.41) is 2.96. The fourth-order valence-electron chi connectivity index (χ4n) is 1.33. The largest absolute Gasteiger partial charge is 0.440 e.